The molecule has 1 heterocycles. The zero-order valence-electron chi connectivity index (χ0n) is 8.66. The van der Waals surface area contributed by atoms with Gasteiger partial charge in [-0.05, 0) is 18.2 Å². The van der Waals surface area contributed by atoms with Crippen LogP contribution in [0.4, 0.5) is 4.39 Å². The van der Waals surface area contributed by atoms with Crippen LogP contribution >= 0.6 is 27.5 Å². The Morgan fingerprint density at radius 1 is 1.35 bits per heavy atom. The largest absolute Gasteiger partial charge is 0.489 e. The van der Waals surface area contributed by atoms with E-state index in [1.54, 1.807) is 24.5 Å². The summed E-state index contributed by atoms with van der Waals surface area (Å²) in [6, 6.07) is 6.14. The van der Waals surface area contributed by atoms with Crippen molar-refractivity contribution >= 4 is 27.5 Å². The van der Waals surface area contributed by atoms with Crippen LogP contribution in [0.5, 0.6) is 5.75 Å². The molecule has 0 spiro atoms. The minimum Gasteiger partial charge on any atom is -0.489 e. The average molecular weight is 317 g/mol. The lowest BCUT2D eigenvalue weighted by molar-refractivity contribution is 0.304. The van der Waals surface area contributed by atoms with Crippen LogP contribution in [0.3, 0.4) is 0 Å². The number of hydrogen-bond donors (Lipinski definition) is 0. The van der Waals surface area contributed by atoms with Gasteiger partial charge in [0, 0.05) is 28.5 Å². The number of nitrogens with zero attached hydrogens (tertiary/aromatic N) is 1. The van der Waals surface area contributed by atoms with Crippen molar-refractivity contribution in [1.82, 2.24) is 4.98 Å². The molecule has 0 saturated carbocycles. The maximum absolute atomic E-state index is 13.1. The van der Waals surface area contributed by atoms with E-state index in [1.165, 1.54) is 12.1 Å². The van der Waals surface area contributed by atoms with E-state index in [-0.39, 0.29) is 12.4 Å². The normalized spacial score (nSPS) is 10.3. The molecule has 0 aliphatic heterocycles. The quantitative estimate of drug-likeness (QED) is 0.846. The lowest BCUT2D eigenvalue weighted by Gasteiger charge is -2.07. The zero-order chi connectivity index (χ0) is 12.3. The summed E-state index contributed by atoms with van der Waals surface area (Å²) < 4.78 is 19.2. The predicted molar refractivity (Wildman–Crippen MR) is 67.7 cm³/mol. The first-order chi connectivity index (χ1) is 8.15. The van der Waals surface area contributed by atoms with Crippen molar-refractivity contribution in [3.63, 3.8) is 0 Å². The van der Waals surface area contributed by atoms with Crippen LogP contribution in [0.2, 0.25) is 5.02 Å². The van der Waals surface area contributed by atoms with E-state index >= 15 is 0 Å². The highest BCUT2D eigenvalue weighted by Gasteiger charge is 2.03. The fourth-order valence-corrected chi connectivity index (χ4v) is 1.91. The van der Waals surface area contributed by atoms with Gasteiger partial charge in [-0.25, -0.2) is 4.39 Å². The third-order valence-electron chi connectivity index (χ3n) is 2.09. The molecular formula is C12H8BrClFNO. The Kier molecular flexibility index (Phi) is 3.97. The molecule has 0 atom stereocenters. The van der Waals surface area contributed by atoms with Gasteiger partial charge in [-0.3, -0.25) is 4.98 Å². The van der Waals surface area contributed by atoms with Gasteiger partial charge in [0.15, 0.2) is 0 Å². The van der Waals surface area contributed by atoms with Gasteiger partial charge in [-0.15, -0.1) is 0 Å². The first-order valence-electron chi connectivity index (χ1n) is 4.82. The molecule has 17 heavy (non-hydrogen) atoms. The SMILES string of the molecule is Fc1cc(Br)cc(OCc2ccncc2Cl)c1. The molecule has 0 radical (unpaired) electrons. The lowest BCUT2D eigenvalue weighted by Crippen LogP contribution is -1.97. The molecule has 0 N–H and O–H groups in total. The smallest absolute Gasteiger partial charge is 0.128 e. The monoisotopic (exact) mass is 315 g/mol. The molecule has 0 aliphatic rings. The summed E-state index contributed by atoms with van der Waals surface area (Å²) in [5.41, 5.74) is 0.807. The Morgan fingerprint density at radius 2 is 2.18 bits per heavy atom. The summed E-state index contributed by atoms with van der Waals surface area (Å²) in [6.07, 6.45) is 3.17. The molecule has 2 rings (SSSR count). The van der Waals surface area contributed by atoms with Gasteiger partial charge in [0.1, 0.15) is 18.2 Å². The summed E-state index contributed by atoms with van der Waals surface area (Å²) in [5, 5.41) is 0.531. The van der Waals surface area contributed by atoms with E-state index in [1.807, 2.05) is 0 Å². The number of pyridine rings is 1. The number of aromatic nitrogens is 1. The van der Waals surface area contributed by atoms with Gasteiger partial charge in [0.25, 0.3) is 0 Å². The van der Waals surface area contributed by atoms with Crippen molar-refractivity contribution in [2.75, 3.05) is 0 Å². The molecule has 0 amide bonds. The maximum Gasteiger partial charge on any atom is 0.128 e. The van der Waals surface area contributed by atoms with Crippen LogP contribution in [0.1, 0.15) is 5.56 Å². The Hall–Kier alpha value is -1.13. The summed E-state index contributed by atoms with van der Waals surface area (Å²) in [5.74, 6) is 0.0972. The molecule has 5 heteroatoms. The first kappa shape index (κ1) is 12.3. The van der Waals surface area contributed by atoms with Crippen molar-refractivity contribution in [2.24, 2.45) is 0 Å². The van der Waals surface area contributed by atoms with E-state index in [4.69, 9.17) is 16.3 Å². The molecule has 0 aliphatic carbocycles. The Morgan fingerprint density at radius 3 is 2.88 bits per heavy atom. The predicted octanol–water partition coefficient (Wildman–Crippen LogP) is 4.22. The van der Waals surface area contributed by atoms with Crippen molar-refractivity contribution in [3.8, 4) is 5.75 Å². The van der Waals surface area contributed by atoms with Crippen LogP contribution in [0.25, 0.3) is 0 Å². The van der Waals surface area contributed by atoms with Gasteiger partial charge >= 0.3 is 0 Å². The third kappa shape index (κ3) is 3.41. The number of benzene rings is 1. The highest BCUT2D eigenvalue weighted by atomic mass is 79.9. The van der Waals surface area contributed by atoms with Crippen molar-refractivity contribution in [2.45, 2.75) is 6.61 Å². The second-order valence-electron chi connectivity index (χ2n) is 3.36. The molecule has 0 unspecified atom stereocenters. The molecule has 0 bridgehead atoms. The fourth-order valence-electron chi connectivity index (χ4n) is 1.29. The summed E-state index contributed by atoms with van der Waals surface area (Å²) in [4.78, 5) is 3.87. The van der Waals surface area contributed by atoms with Crippen molar-refractivity contribution < 1.29 is 9.13 Å². The lowest BCUT2D eigenvalue weighted by atomic mass is 10.3. The molecule has 2 aromatic rings. The van der Waals surface area contributed by atoms with E-state index in [9.17, 15) is 4.39 Å². The summed E-state index contributed by atoms with van der Waals surface area (Å²) >= 11 is 9.12. The summed E-state index contributed by atoms with van der Waals surface area (Å²) in [6.45, 7) is 0.275. The number of ether oxygens (including phenoxy) is 1. The molecular weight excluding hydrogens is 308 g/mol. The molecule has 1 aromatic carbocycles. The average Bonchev–Trinajstić information content (AvgIpc) is 2.27. The van der Waals surface area contributed by atoms with Crippen molar-refractivity contribution in [1.29, 1.82) is 0 Å². The minimum atomic E-state index is -0.352. The van der Waals surface area contributed by atoms with Crippen LogP contribution in [-0.4, -0.2) is 4.98 Å². The van der Waals surface area contributed by atoms with Gasteiger partial charge in [-0.2, -0.15) is 0 Å². The number of hydrogen-bond acceptors (Lipinski definition) is 2. The first-order valence-corrected chi connectivity index (χ1v) is 5.99. The second-order valence-corrected chi connectivity index (χ2v) is 4.68. The van der Waals surface area contributed by atoms with Gasteiger partial charge in [0.2, 0.25) is 0 Å². The highest BCUT2D eigenvalue weighted by Crippen LogP contribution is 2.22. The zero-order valence-corrected chi connectivity index (χ0v) is 11.0. The van der Waals surface area contributed by atoms with E-state index < -0.39 is 0 Å². The van der Waals surface area contributed by atoms with Crippen LogP contribution < -0.4 is 4.74 Å². The van der Waals surface area contributed by atoms with Gasteiger partial charge < -0.3 is 4.74 Å². The molecule has 88 valence electrons. The summed E-state index contributed by atoms with van der Waals surface area (Å²) in [7, 11) is 0. The van der Waals surface area contributed by atoms with E-state index in [0.717, 1.165) is 5.56 Å². The molecule has 2 nitrogen and oxygen atoms in total. The van der Waals surface area contributed by atoms with Gasteiger partial charge in [-0.1, -0.05) is 27.5 Å². The fraction of sp³-hybridized carbons (Fsp3) is 0.0833. The minimum absolute atomic E-state index is 0.275. The number of rotatable bonds is 3. The Labute approximate surface area is 112 Å². The van der Waals surface area contributed by atoms with Crippen LogP contribution in [0, 0.1) is 5.82 Å². The maximum atomic E-state index is 13.1. The number of halogens is 3. The third-order valence-corrected chi connectivity index (χ3v) is 2.89. The Balaban J connectivity index is 2.10. The highest BCUT2D eigenvalue weighted by molar-refractivity contribution is 9.10. The van der Waals surface area contributed by atoms with Crippen LogP contribution in [-0.2, 0) is 6.61 Å². The molecule has 1 aromatic heterocycles. The topological polar surface area (TPSA) is 22.1 Å². The van der Waals surface area contributed by atoms with E-state index in [0.29, 0.717) is 15.2 Å². The standard InChI is InChI=1S/C12H8BrClFNO/c13-9-3-10(15)5-11(4-9)17-7-8-1-2-16-6-12(8)14/h1-6H,7H2. The van der Waals surface area contributed by atoms with E-state index in [2.05, 4.69) is 20.9 Å². The molecule has 0 fully saturated rings. The van der Waals surface area contributed by atoms with Crippen LogP contribution in [0.15, 0.2) is 41.1 Å². The van der Waals surface area contributed by atoms with Crippen molar-refractivity contribution in [3.05, 3.63) is 57.5 Å². The van der Waals surface area contributed by atoms with Gasteiger partial charge in [0.05, 0.1) is 5.02 Å². The molecule has 0 saturated heterocycles. The Bertz CT molecular complexity index is 515. The second kappa shape index (κ2) is 5.47.